The molecule has 0 fully saturated rings. The molecule has 0 N–H and O–H groups in total. The minimum Gasteiger partial charge on any atom is -0.270 e. The van der Waals surface area contributed by atoms with Crippen molar-refractivity contribution in [2.24, 2.45) is 5.92 Å². The highest BCUT2D eigenvalue weighted by Gasteiger charge is 2.11. The highest BCUT2D eigenvalue weighted by Crippen LogP contribution is 2.18. The quantitative estimate of drug-likeness (QED) is 0.750. The van der Waals surface area contributed by atoms with Gasteiger partial charge in [-0.15, -0.1) is 0 Å². The first kappa shape index (κ1) is 12.8. The Labute approximate surface area is 101 Å². The summed E-state index contributed by atoms with van der Waals surface area (Å²) in [5.41, 5.74) is 2.49. The molecule has 1 heterocycles. The molecule has 0 saturated heterocycles. The number of rotatable bonds is 5. The van der Waals surface area contributed by atoms with Gasteiger partial charge in [-0.2, -0.15) is 5.10 Å². The SMILES string of the molecule is CCn1nc(C)cc1CCC(Br)C(C)C. The first-order valence-electron chi connectivity index (χ1n) is 5.72. The van der Waals surface area contributed by atoms with E-state index in [2.05, 4.69) is 59.5 Å². The molecule has 0 aliphatic heterocycles. The van der Waals surface area contributed by atoms with Crippen LogP contribution in [0.3, 0.4) is 0 Å². The van der Waals surface area contributed by atoms with Crippen LogP contribution in [0.4, 0.5) is 0 Å². The van der Waals surface area contributed by atoms with Crippen LogP contribution < -0.4 is 0 Å². The first-order chi connectivity index (χ1) is 7.04. The summed E-state index contributed by atoms with van der Waals surface area (Å²) in [6, 6.07) is 2.20. The van der Waals surface area contributed by atoms with Crippen molar-refractivity contribution in [2.75, 3.05) is 0 Å². The van der Waals surface area contributed by atoms with Gasteiger partial charge in [0.25, 0.3) is 0 Å². The van der Waals surface area contributed by atoms with Gasteiger partial charge in [0.2, 0.25) is 0 Å². The van der Waals surface area contributed by atoms with Gasteiger partial charge in [0.1, 0.15) is 0 Å². The standard InChI is InChI=1S/C12H21BrN2/c1-5-15-11(8-10(4)14-15)6-7-12(13)9(2)3/h8-9,12H,5-7H2,1-4H3. The van der Waals surface area contributed by atoms with Gasteiger partial charge >= 0.3 is 0 Å². The molecule has 15 heavy (non-hydrogen) atoms. The molecule has 0 amide bonds. The van der Waals surface area contributed by atoms with Crippen LogP contribution in [0.25, 0.3) is 0 Å². The maximum atomic E-state index is 4.45. The molecule has 1 aromatic heterocycles. The maximum Gasteiger partial charge on any atom is 0.0596 e. The molecule has 0 radical (unpaired) electrons. The fraction of sp³-hybridized carbons (Fsp3) is 0.750. The lowest BCUT2D eigenvalue weighted by molar-refractivity contribution is 0.554. The van der Waals surface area contributed by atoms with E-state index in [1.54, 1.807) is 0 Å². The Balaban J connectivity index is 2.56. The van der Waals surface area contributed by atoms with Crippen molar-refractivity contribution in [1.82, 2.24) is 9.78 Å². The van der Waals surface area contributed by atoms with Crippen molar-refractivity contribution in [3.63, 3.8) is 0 Å². The smallest absolute Gasteiger partial charge is 0.0596 e. The molecule has 0 bridgehead atoms. The van der Waals surface area contributed by atoms with Crippen molar-refractivity contribution in [3.8, 4) is 0 Å². The highest BCUT2D eigenvalue weighted by atomic mass is 79.9. The molecular weight excluding hydrogens is 252 g/mol. The highest BCUT2D eigenvalue weighted by molar-refractivity contribution is 9.09. The van der Waals surface area contributed by atoms with Crippen LogP contribution in [0.5, 0.6) is 0 Å². The molecule has 0 aliphatic carbocycles. The van der Waals surface area contributed by atoms with Crippen LogP contribution in [-0.2, 0) is 13.0 Å². The minimum atomic E-state index is 0.609. The Hall–Kier alpha value is -0.310. The molecule has 0 aliphatic rings. The van der Waals surface area contributed by atoms with Crippen molar-refractivity contribution in [3.05, 3.63) is 17.5 Å². The summed E-state index contributed by atoms with van der Waals surface area (Å²) < 4.78 is 2.11. The molecule has 0 saturated carbocycles. The van der Waals surface area contributed by atoms with E-state index in [1.165, 1.54) is 12.1 Å². The number of aryl methyl sites for hydroxylation is 3. The van der Waals surface area contributed by atoms with Crippen molar-refractivity contribution < 1.29 is 0 Å². The molecule has 2 nitrogen and oxygen atoms in total. The summed E-state index contributed by atoms with van der Waals surface area (Å²) in [7, 11) is 0. The van der Waals surface area contributed by atoms with E-state index in [4.69, 9.17) is 0 Å². The van der Waals surface area contributed by atoms with Gasteiger partial charge in [0.05, 0.1) is 5.69 Å². The van der Waals surface area contributed by atoms with Crippen LogP contribution in [0.15, 0.2) is 6.07 Å². The zero-order valence-corrected chi connectivity index (χ0v) is 11.7. The van der Waals surface area contributed by atoms with E-state index in [-0.39, 0.29) is 0 Å². The summed E-state index contributed by atoms with van der Waals surface area (Å²) in [6.07, 6.45) is 2.30. The number of alkyl halides is 1. The summed E-state index contributed by atoms with van der Waals surface area (Å²) >= 11 is 3.72. The number of hydrogen-bond donors (Lipinski definition) is 0. The lowest BCUT2D eigenvalue weighted by Crippen LogP contribution is -2.10. The zero-order valence-electron chi connectivity index (χ0n) is 10.1. The second kappa shape index (κ2) is 5.69. The lowest BCUT2D eigenvalue weighted by Gasteiger charge is -2.13. The first-order valence-corrected chi connectivity index (χ1v) is 6.63. The topological polar surface area (TPSA) is 17.8 Å². The molecular formula is C12H21BrN2. The molecule has 86 valence electrons. The van der Waals surface area contributed by atoms with Crippen molar-refractivity contribution in [1.29, 1.82) is 0 Å². The fourth-order valence-electron chi connectivity index (χ4n) is 1.69. The Morgan fingerprint density at radius 2 is 2.13 bits per heavy atom. The second-order valence-corrected chi connectivity index (χ2v) is 5.57. The number of hydrogen-bond acceptors (Lipinski definition) is 1. The van der Waals surface area contributed by atoms with E-state index in [0.717, 1.165) is 18.7 Å². The van der Waals surface area contributed by atoms with E-state index < -0.39 is 0 Å². The minimum absolute atomic E-state index is 0.609. The second-order valence-electron chi connectivity index (χ2n) is 4.39. The Morgan fingerprint density at radius 1 is 1.47 bits per heavy atom. The Kier molecular flexibility index (Phi) is 4.84. The number of halogens is 1. The van der Waals surface area contributed by atoms with Gasteiger partial charge < -0.3 is 0 Å². The number of nitrogens with zero attached hydrogens (tertiary/aromatic N) is 2. The van der Waals surface area contributed by atoms with Gasteiger partial charge in [0.15, 0.2) is 0 Å². The van der Waals surface area contributed by atoms with Crippen LogP contribution in [0, 0.1) is 12.8 Å². The van der Waals surface area contributed by atoms with Gasteiger partial charge in [-0.1, -0.05) is 29.8 Å². The third-order valence-corrected chi connectivity index (χ3v) is 4.20. The summed E-state index contributed by atoms with van der Waals surface area (Å²) in [5.74, 6) is 0.698. The summed E-state index contributed by atoms with van der Waals surface area (Å²) in [5, 5.41) is 4.45. The van der Waals surface area contributed by atoms with E-state index >= 15 is 0 Å². The van der Waals surface area contributed by atoms with Crippen LogP contribution in [-0.4, -0.2) is 14.6 Å². The third-order valence-electron chi connectivity index (χ3n) is 2.68. The summed E-state index contributed by atoms with van der Waals surface area (Å²) in [4.78, 5) is 0.609. The molecule has 0 aromatic carbocycles. The monoisotopic (exact) mass is 272 g/mol. The van der Waals surface area contributed by atoms with Gasteiger partial charge in [-0.05, 0) is 38.7 Å². The maximum absolute atomic E-state index is 4.45. The van der Waals surface area contributed by atoms with Gasteiger partial charge in [-0.25, -0.2) is 0 Å². The normalized spacial score (nSPS) is 13.5. The average molecular weight is 273 g/mol. The van der Waals surface area contributed by atoms with Crippen LogP contribution in [0.2, 0.25) is 0 Å². The van der Waals surface area contributed by atoms with Crippen molar-refractivity contribution >= 4 is 15.9 Å². The number of aromatic nitrogens is 2. The molecule has 0 spiro atoms. The lowest BCUT2D eigenvalue weighted by atomic mass is 10.1. The molecule has 1 unspecified atom stereocenters. The molecule has 1 aromatic rings. The van der Waals surface area contributed by atoms with Crippen LogP contribution >= 0.6 is 15.9 Å². The predicted octanol–water partition coefficient (Wildman–Crippen LogP) is 3.56. The molecule has 1 rings (SSSR count). The largest absolute Gasteiger partial charge is 0.270 e. The van der Waals surface area contributed by atoms with Gasteiger partial charge in [0, 0.05) is 17.1 Å². The predicted molar refractivity (Wildman–Crippen MR) is 68.5 cm³/mol. The fourth-order valence-corrected chi connectivity index (χ4v) is 1.92. The average Bonchev–Trinajstić information content (AvgIpc) is 2.55. The van der Waals surface area contributed by atoms with Gasteiger partial charge in [-0.3, -0.25) is 4.68 Å². The zero-order chi connectivity index (χ0) is 11.4. The Morgan fingerprint density at radius 3 is 2.67 bits per heavy atom. The van der Waals surface area contributed by atoms with E-state index in [1.807, 2.05) is 0 Å². The molecule has 1 atom stereocenters. The van der Waals surface area contributed by atoms with Crippen molar-refractivity contribution in [2.45, 2.75) is 51.9 Å². The Bertz CT molecular complexity index is 305. The third kappa shape index (κ3) is 3.63. The van der Waals surface area contributed by atoms with Crippen LogP contribution in [0.1, 0.15) is 38.6 Å². The van der Waals surface area contributed by atoms with E-state index in [0.29, 0.717) is 10.7 Å². The molecule has 3 heteroatoms. The van der Waals surface area contributed by atoms with E-state index in [9.17, 15) is 0 Å². The summed E-state index contributed by atoms with van der Waals surface area (Å²) in [6.45, 7) is 9.68.